The minimum Gasteiger partial charge on any atom is -0.494 e. The quantitative estimate of drug-likeness (QED) is 0.610. The minimum atomic E-state index is -0.448. The van der Waals surface area contributed by atoms with Crippen LogP contribution in [0.1, 0.15) is 5.56 Å². The molecule has 2 heterocycles. The largest absolute Gasteiger partial charge is 0.494 e. The second-order valence-electron chi connectivity index (χ2n) is 5.82. The molecule has 0 radical (unpaired) electrons. The smallest absolute Gasteiger partial charge is 0.174 e. The van der Waals surface area contributed by atoms with Gasteiger partial charge in [-0.2, -0.15) is 0 Å². The average Bonchev–Trinajstić information content (AvgIpc) is 3.11. The molecular formula is C20H16FN3O2. The van der Waals surface area contributed by atoms with Gasteiger partial charge in [-0.25, -0.2) is 9.37 Å². The molecule has 0 spiro atoms. The van der Waals surface area contributed by atoms with Crippen LogP contribution in [0.25, 0.3) is 28.2 Å². The number of fused-ring (bicyclic) bond motifs is 1. The number of imidazole rings is 1. The number of benzene rings is 2. The Labute approximate surface area is 149 Å². The lowest BCUT2D eigenvalue weighted by molar-refractivity contribution is 0.282. The molecule has 5 nitrogen and oxygen atoms in total. The Hall–Kier alpha value is -3.25. The molecule has 2 aromatic carbocycles. The molecule has 0 amide bonds. The lowest BCUT2D eigenvalue weighted by Crippen LogP contribution is -1.96. The van der Waals surface area contributed by atoms with Crippen LogP contribution in [0, 0.1) is 5.82 Å². The molecule has 0 saturated heterocycles. The SMILES string of the molecule is COc1cccc(-c2cn3c(-c4ccc(CO)cc4)cnc3cn2)c1F. The predicted octanol–water partition coefficient (Wildman–Crippen LogP) is 3.70. The predicted molar refractivity (Wildman–Crippen MR) is 96.3 cm³/mol. The molecule has 0 bridgehead atoms. The Morgan fingerprint density at radius 3 is 2.62 bits per heavy atom. The van der Waals surface area contributed by atoms with Gasteiger partial charge in [0, 0.05) is 17.3 Å². The van der Waals surface area contributed by atoms with Crippen LogP contribution in [0.15, 0.2) is 61.1 Å². The zero-order chi connectivity index (χ0) is 18.1. The maximum Gasteiger partial charge on any atom is 0.174 e. The molecule has 2 aromatic heterocycles. The summed E-state index contributed by atoms with van der Waals surface area (Å²) in [5, 5.41) is 9.19. The van der Waals surface area contributed by atoms with Crippen LogP contribution in [0.3, 0.4) is 0 Å². The van der Waals surface area contributed by atoms with Gasteiger partial charge in [-0.15, -0.1) is 0 Å². The van der Waals surface area contributed by atoms with Crippen LogP contribution in [0.4, 0.5) is 4.39 Å². The van der Waals surface area contributed by atoms with Crippen molar-refractivity contribution in [3.05, 3.63) is 72.4 Å². The summed E-state index contributed by atoms with van der Waals surface area (Å²) in [6, 6.07) is 12.5. The van der Waals surface area contributed by atoms with Crippen molar-refractivity contribution in [1.82, 2.24) is 14.4 Å². The van der Waals surface area contributed by atoms with Crippen molar-refractivity contribution in [3.63, 3.8) is 0 Å². The Bertz CT molecular complexity index is 1070. The van der Waals surface area contributed by atoms with Crippen molar-refractivity contribution >= 4 is 5.65 Å². The maximum atomic E-state index is 14.6. The fraction of sp³-hybridized carbons (Fsp3) is 0.100. The van der Waals surface area contributed by atoms with Gasteiger partial charge in [-0.3, -0.25) is 9.38 Å². The normalized spacial score (nSPS) is 11.0. The number of aliphatic hydroxyl groups is 1. The number of rotatable bonds is 4. The van der Waals surface area contributed by atoms with Crippen molar-refractivity contribution in [2.75, 3.05) is 7.11 Å². The van der Waals surface area contributed by atoms with Gasteiger partial charge in [0.15, 0.2) is 17.2 Å². The highest BCUT2D eigenvalue weighted by atomic mass is 19.1. The molecule has 26 heavy (non-hydrogen) atoms. The third-order valence-corrected chi connectivity index (χ3v) is 4.29. The summed E-state index contributed by atoms with van der Waals surface area (Å²) in [7, 11) is 1.43. The number of hydrogen-bond acceptors (Lipinski definition) is 4. The zero-order valence-electron chi connectivity index (χ0n) is 14.1. The molecule has 1 N–H and O–H groups in total. The summed E-state index contributed by atoms with van der Waals surface area (Å²) in [5.41, 5.74) is 4.15. The highest BCUT2D eigenvalue weighted by Gasteiger charge is 2.14. The van der Waals surface area contributed by atoms with E-state index in [0.29, 0.717) is 16.9 Å². The van der Waals surface area contributed by atoms with Crippen molar-refractivity contribution in [2.45, 2.75) is 6.61 Å². The molecule has 4 rings (SSSR count). The van der Waals surface area contributed by atoms with Crippen molar-refractivity contribution in [1.29, 1.82) is 0 Å². The van der Waals surface area contributed by atoms with Crippen LogP contribution in [0.2, 0.25) is 0 Å². The van der Waals surface area contributed by atoms with E-state index in [1.54, 1.807) is 36.8 Å². The van der Waals surface area contributed by atoms with Crippen LogP contribution >= 0.6 is 0 Å². The number of nitrogens with zero attached hydrogens (tertiary/aromatic N) is 3. The molecule has 6 heteroatoms. The summed E-state index contributed by atoms with van der Waals surface area (Å²) in [6.07, 6.45) is 5.12. The summed E-state index contributed by atoms with van der Waals surface area (Å²) in [5.74, 6) is -0.273. The Morgan fingerprint density at radius 1 is 1.08 bits per heavy atom. The van der Waals surface area contributed by atoms with Gasteiger partial charge in [0.25, 0.3) is 0 Å². The van der Waals surface area contributed by atoms with Crippen LogP contribution < -0.4 is 4.74 Å². The molecule has 0 saturated carbocycles. The van der Waals surface area contributed by atoms with Crippen molar-refractivity contribution < 1.29 is 14.2 Å². The van der Waals surface area contributed by atoms with Crippen molar-refractivity contribution in [3.8, 4) is 28.3 Å². The molecule has 130 valence electrons. The number of aromatic nitrogens is 3. The van der Waals surface area contributed by atoms with Gasteiger partial charge in [-0.1, -0.05) is 30.3 Å². The van der Waals surface area contributed by atoms with E-state index in [0.717, 1.165) is 16.8 Å². The van der Waals surface area contributed by atoms with Gasteiger partial charge in [-0.05, 0) is 17.7 Å². The van der Waals surface area contributed by atoms with Gasteiger partial charge in [0.1, 0.15) is 0 Å². The first kappa shape index (κ1) is 16.2. The zero-order valence-corrected chi connectivity index (χ0v) is 14.1. The first-order valence-electron chi connectivity index (χ1n) is 8.07. The van der Waals surface area contributed by atoms with E-state index >= 15 is 0 Å². The summed E-state index contributed by atoms with van der Waals surface area (Å²) < 4.78 is 21.5. The van der Waals surface area contributed by atoms with E-state index in [2.05, 4.69) is 9.97 Å². The van der Waals surface area contributed by atoms with Gasteiger partial charge in [0.2, 0.25) is 0 Å². The molecule has 0 fully saturated rings. The van der Waals surface area contributed by atoms with Crippen molar-refractivity contribution in [2.24, 2.45) is 0 Å². The lowest BCUT2D eigenvalue weighted by Gasteiger charge is -2.08. The topological polar surface area (TPSA) is 59.7 Å². The van der Waals surface area contributed by atoms with Gasteiger partial charge in [0.05, 0.1) is 37.5 Å². The van der Waals surface area contributed by atoms with Gasteiger partial charge < -0.3 is 9.84 Å². The van der Waals surface area contributed by atoms with Gasteiger partial charge >= 0.3 is 0 Å². The number of aliphatic hydroxyl groups excluding tert-OH is 1. The number of halogens is 1. The number of methoxy groups -OCH3 is 1. The summed E-state index contributed by atoms with van der Waals surface area (Å²) in [6.45, 7) is -0.00336. The summed E-state index contributed by atoms with van der Waals surface area (Å²) >= 11 is 0. The second-order valence-corrected chi connectivity index (χ2v) is 5.82. The highest BCUT2D eigenvalue weighted by Crippen LogP contribution is 2.29. The third kappa shape index (κ3) is 2.70. The standard InChI is InChI=1S/C20H16FN3O2/c1-26-18-4-2-3-15(20(18)21)16-11-24-17(9-23-19(24)10-22-16)14-7-5-13(12-25)6-8-14/h2-11,25H,12H2,1H3. The fourth-order valence-electron chi connectivity index (χ4n) is 2.89. The molecule has 0 aliphatic rings. The number of hydrogen-bond donors (Lipinski definition) is 1. The van der Waals surface area contributed by atoms with Crippen LogP contribution in [-0.2, 0) is 6.61 Å². The van der Waals surface area contributed by atoms with E-state index in [1.807, 2.05) is 28.7 Å². The van der Waals surface area contributed by atoms with E-state index in [9.17, 15) is 9.50 Å². The summed E-state index contributed by atoms with van der Waals surface area (Å²) in [4.78, 5) is 8.70. The van der Waals surface area contributed by atoms with Crippen LogP contribution in [-0.4, -0.2) is 26.6 Å². The molecular weight excluding hydrogens is 333 g/mol. The Kier molecular flexibility index (Phi) is 4.10. The molecule has 0 atom stereocenters. The first-order valence-corrected chi connectivity index (χ1v) is 8.07. The minimum absolute atomic E-state index is 0.00336. The van der Waals surface area contributed by atoms with Crippen LogP contribution in [0.5, 0.6) is 5.75 Å². The Balaban J connectivity index is 1.84. The first-order chi connectivity index (χ1) is 12.7. The molecule has 0 aliphatic carbocycles. The number of ether oxygens (including phenoxy) is 1. The maximum absolute atomic E-state index is 14.6. The monoisotopic (exact) mass is 349 g/mol. The van der Waals surface area contributed by atoms with E-state index < -0.39 is 5.82 Å². The van der Waals surface area contributed by atoms with E-state index in [4.69, 9.17) is 4.74 Å². The Morgan fingerprint density at radius 2 is 1.88 bits per heavy atom. The van der Waals surface area contributed by atoms with E-state index in [-0.39, 0.29) is 12.4 Å². The molecule has 0 unspecified atom stereocenters. The fourth-order valence-corrected chi connectivity index (χ4v) is 2.89. The second kappa shape index (κ2) is 6.57. The van der Waals surface area contributed by atoms with E-state index in [1.165, 1.54) is 7.11 Å². The lowest BCUT2D eigenvalue weighted by atomic mass is 10.1. The molecule has 0 aliphatic heterocycles. The third-order valence-electron chi connectivity index (χ3n) is 4.29. The average molecular weight is 349 g/mol. The molecule has 4 aromatic rings. The highest BCUT2D eigenvalue weighted by molar-refractivity contribution is 5.67.